The highest BCUT2D eigenvalue weighted by atomic mass is 19.4. The zero-order valence-electron chi connectivity index (χ0n) is 6.00. The zero-order valence-corrected chi connectivity index (χ0v) is 6.00. The van der Waals surface area contributed by atoms with Crippen LogP contribution in [0.4, 0.5) is 30.7 Å². The molecule has 0 radical (unpaired) electrons. The van der Waals surface area contributed by atoms with Gasteiger partial charge in [-0.05, 0) is 0 Å². The van der Waals surface area contributed by atoms with Crippen LogP contribution in [0.15, 0.2) is 16.8 Å². The van der Waals surface area contributed by atoms with E-state index >= 15 is 0 Å². The van der Waals surface area contributed by atoms with Gasteiger partial charge in [-0.1, -0.05) is 0 Å². The van der Waals surface area contributed by atoms with Crippen molar-refractivity contribution in [2.75, 3.05) is 0 Å². The second kappa shape index (κ2) is 3.79. The molecule has 0 atom stereocenters. The van der Waals surface area contributed by atoms with Crippen molar-refractivity contribution in [1.82, 2.24) is 0 Å². The maximum absolute atomic E-state index is 12.1. The van der Waals surface area contributed by atoms with Crippen LogP contribution in [0, 0.1) is 0 Å². The lowest BCUT2D eigenvalue weighted by Crippen LogP contribution is -2.38. The normalized spacial score (nSPS) is 11.9. The van der Waals surface area contributed by atoms with Gasteiger partial charge in [-0.3, -0.25) is 0 Å². The Kier molecular flexibility index (Phi) is 3.42. The molecule has 9 heteroatoms. The largest absolute Gasteiger partial charge is 0.460 e. The van der Waals surface area contributed by atoms with Crippen molar-refractivity contribution in [2.45, 2.75) is 12.1 Å². The molecule has 0 aromatic carbocycles. The number of halogens is 7. The van der Waals surface area contributed by atoms with E-state index in [0.29, 0.717) is 0 Å². The van der Waals surface area contributed by atoms with Gasteiger partial charge < -0.3 is 0 Å². The van der Waals surface area contributed by atoms with Gasteiger partial charge in [0.25, 0.3) is 6.08 Å². The van der Waals surface area contributed by atoms with Gasteiger partial charge in [-0.15, -0.1) is 0 Å². The highest BCUT2D eigenvalue weighted by Gasteiger charge is 2.62. The summed E-state index contributed by atoms with van der Waals surface area (Å²) in [5.74, 6) is -5.87. The van der Waals surface area contributed by atoms with Crippen molar-refractivity contribution in [3.8, 4) is 0 Å². The molecule has 0 spiro atoms. The van der Waals surface area contributed by atoms with Crippen molar-refractivity contribution in [2.24, 2.45) is 4.99 Å². The van der Waals surface area contributed by atoms with Crippen LogP contribution in [0.3, 0.4) is 0 Å². The minimum Gasteiger partial charge on any atom is -0.211 e. The van der Waals surface area contributed by atoms with E-state index in [1.807, 2.05) is 0 Å². The third-order valence-corrected chi connectivity index (χ3v) is 0.990. The maximum atomic E-state index is 12.1. The fourth-order valence-electron chi connectivity index (χ4n) is 0.411. The van der Waals surface area contributed by atoms with Crippen LogP contribution in [0.25, 0.3) is 0 Å². The highest BCUT2D eigenvalue weighted by molar-refractivity contribution is 5.39. The van der Waals surface area contributed by atoms with Crippen molar-refractivity contribution in [1.29, 1.82) is 0 Å². The third kappa shape index (κ3) is 2.32. The maximum Gasteiger partial charge on any atom is 0.460 e. The molecule has 0 aliphatic carbocycles. The lowest BCUT2D eigenvalue weighted by atomic mass is 10.2. The Morgan fingerprint density at radius 2 is 1.50 bits per heavy atom. The number of isocyanates is 1. The monoisotopic (exact) mass is 223 g/mol. The van der Waals surface area contributed by atoms with E-state index in [2.05, 4.69) is 0 Å². The first-order valence-electron chi connectivity index (χ1n) is 2.72. The molecule has 0 N–H and O–H groups in total. The minimum atomic E-state index is -6.24. The molecule has 0 bridgehead atoms. The van der Waals surface area contributed by atoms with Crippen LogP contribution in [-0.4, -0.2) is 18.2 Å². The van der Waals surface area contributed by atoms with Gasteiger partial charge in [0.15, 0.2) is 5.70 Å². The number of nitrogens with zero attached hydrogens (tertiary/aromatic N) is 1. The molecule has 0 heterocycles. The number of rotatable bonds is 2. The highest BCUT2D eigenvalue weighted by Crippen LogP contribution is 2.42. The van der Waals surface area contributed by atoms with E-state index in [9.17, 15) is 35.5 Å². The molecule has 0 aliphatic heterocycles. The number of carbonyl (C=O) groups excluding carboxylic acids is 1. The fourth-order valence-corrected chi connectivity index (χ4v) is 0.411. The van der Waals surface area contributed by atoms with Crippen molar-refractivity contribution < 1.29 is 35.5 Å². The van der Waals surface area contributed by atoms with Gasteiger partial charge in [-0.25, -0.2) is 4.79 Å². The Hall–Kier alpha value is -1.37. The quantitative estimate of drug-likeness (QED) is 0.402. The van der Waals surface area contributed by atoms with Gasteiger partial charge >= 0.3 is 12.1 Å². The molecule has 0 aromatic rings. The van der Waals surface area contributed by atoms with Crippen LogP contribution in [0.2, 0.25) is 0 Å². The van der Waals surface area contributed by atoms with E-state index in [1.54, 1.807) is 4.99 Å². The summed E-state index contributed by atoms with van der Waals surface area (Å²) < 4.78 is 81.7. The Morgan fingerprint density at radius 1 is 1.07 bits per heavy atom. The Morgan fingerprint density at radius 3 is 1.71 bits per heavy atom. The first kappa shape index (κ1) is 12.6. The predicted octanol–water partition coefficient (Wildman–Crippen LogP) is 2.63. The van der Waals surface area contributed by atoms with Crippen LogP contribution in [-0.2, 0) is 4.79 Å². The van der Waals surface area contributed by atoms with Gasteiger partial charge in [0.2, 0.25) is 6.08 Å². The number of hydrogen-bond donors (Lipinski definition) is 0. The summed E-state index contributed by atoms with van der Waals surface area (Å²) in [7, 11) is 0. The number of allylic oxidation sites excluding steroid dienone is 1. The molecule has 2 nitrogen and oxygen atoms in total. The van der Waals surface area contributed by atoms with Crippen molar-refractivity contribution in [3.05, 3.63) is 11.8 Å². The average Bonchev–Trinajstić information content (AvgIpc) is 1.96. The summed E-state index contributed by atoms with van der Waals surface area (Å²) >= 11 is 0. The Balaban J connectivity index is 5.46. The Bertz CT molecular complexity index is 294. The smallest absolute Gasteiger partial charge is 0.211 e. The molecular weight excluding hydrogens is 223 g/mol. The number of aliphatic imine (C=N–C) groups is 1. The van der Waals surface area contributed by atoms with E-state index in [0.717, 1.165) is 0 Å². The van der Waals surface area contributed by atoms with E-state index in [-0.39, 0.29) is 6.08 Å². The minimum absolute atomic E-state index is 0.184. The molecule has 0 fully saturated rings. The molecular formula is C5F7NO. The molecule has 0 unspecified atom stereocenters. The van der Waals surface area contributed by atoms with Crippen LogP contribution < -0.4 is 0 Å². The summed E-state index contributed by atoms with van der Waals surface area (Å²) in [6.45, 7) is 0. The van der Waals surface area contributed by atoms with Crippen LogP contribution in [0.5, 0.6) is 0 Å². The summed E-state index contributed by atoms with van der Waals surface area (Å²) in [4.78, 5) is 10.9. The zero-order chi connectivity index (χ0) is 11.6. The Labute approximate surface area is 71.7 Å². The lowest BCUT2D eigenvalue weighted by Gasteiger charge is -2.17. The first-order valence-corrected chi connectivity index (χ1v) is 2.72. The van der Waals surface area contributed by atoms with E-state index in [4.69, 9.17) is 0 Å². The first-order chi connectivity index (χ1) is 6.14. The topological polar surface area (TPSA) is 29.4 Å². The molecule has 80 valence electrons. The van der Waals surface area contributed by atoms with E-state index in [1.165, 1.54) is 0 Å². The van der Waals surface area contributed by atoms with E-state index < -0.39 is 23.9 Å². The molecule has 0 aliphatic rings. The van der Waals surface area contributed by atoms with Gasteiger partial charge in [0.1, 0.15) is 0 Å². The van der Waals surface area contributed by atoms with Gasteiger partial charge in [0, 0.05) is 0 Å². The average molecular weight is 223 g/mol. The summed E-state index contributed by atoms with van der Waals surface area (Å²) in [5.41, 5.74) is -2.94. The summed E-state index contributed by atoms with van der Waals surface area (Å²) in [5, 5.41) is 0. The second-order valence-electron chi connectivity index (χ2n) is 1.88. The molecule has 14 heavy (non-hydrogen) atoms. The van der Waals surface area contributed by atoms with Gasteiger partial charge in [-0.2, -0.15) is 35.7 Å². The van der Waals surface area contributed by atoms with Crippen LogP contribution >= 0.6 is 0 Å². The molecule has 0 amide bonds. The molecule has 0 saturated heterocycles. The summed E-state index contributed by atoms with van der Waals surface area (Å²) in [6, 6.07) is 0. The van der Waals surface area contributed by atoms with Gasteiger partial charge in [0.05, 0.1) is 0 Å². The number of alkyl halides is 5. The molecule has 0 aromatic heterocycles. The number of hydrogen-bond acceptors (Lipinski definition) is 2. The van der Waals surface area contributed by atoms with Crippen LogP contribution in [0.1, 0.15) is 0 Å². The third-order valence-electron chi connectivity index (χ3n) is 0.990. The summed E-state index contributed by atoms with van der Waals surface area (Å²) in [6.07, 6.45) is -9.45. The second-order valence-corrected chi connectivity index (χ2v) is 1.88. The fraction of sp³-hybridized carbons (Fsp3) is 0.400. The standard InChI is InChI=1S/C5F7NO/c6-3(7)2(13-1-14)4(8,9)5(10,11)12. The molecule has 0 rings (SSSR count). The molecule has 0 saturated carbocycles. The SMILES string of the molecule is O=C=NC(=C(F)F)C(F)(F)C(F)(F)F. The van der Waals surface area contributed by atoms with Crippen molar-refractivity contribution in [3.63, 3.8) is 0 Å². The predicted molar refractivity (Wildman–Crippen MR) is 28.4 cm³/mol. The lowest BCUT2D eigenvalue weighted by molar-refractivity contribution is -0.265. The van der Waals surface area contributed by atoms with Crippen molar-refractivity contribution >= 4 is 6.08 Å².